The van der Waals surface area contributed by atoms with Crippen molar-refractivity contribution in [1.82, 2.24) is 20.2 Å². The largest absolute Gasteiger partial charge is 0.369 e. The third-order valence-electron chi connectivity index (χ3n) is 4.80. The first-order chi connectivity index (χ1) is 12.0. The number of fused-ring (bicyclic) bond motifs is 1. The molecule has 1 aliphatic rings. The summed E-state index contributed by atoms with van der Waals surface area (Å²) in [6.45, 7) is 4.81. The fourth-order valence-electron chi connectivity index (χ4n) is 3.28. The summed E-state index contributed by atoms with van der Waals surface area (Å²) in [5, 5.41) is 2.96. The number of aromatic nitrogens is 2. The number of carbonyl (C=O) groups excluding carboxylic acids is 2. The van der Waals surface area contributed by atoms with Crippen LogP contribution in [0.15, 0.2) is 18.2 Å². The molecule has 2 aromatic rings. The number of aryl methyl sites for hydroxylation is 1. The summed E-state index contributed by atoms with van der Waals surface area (Å²) >= 11 is 0. The molecular formula is C18H25N5O2. The van der Waals surface area contributed by atoms with E-state index in [0.717, 1.165) is 54.9 Å². The van der Waals surface area contributed by atoms with Gasteiger partial charge in [-0.2, -0.15) is 0 Å². The third kappa shape index (κ3) is 4.57. The van der Waals surface area contributed by atoms with Crippen LogP contribution in [0.5, 0.6) is 0 Å². The zero-order valence-corrected chi connectivity index (χ0v) is 14.5. The Hall–Kier alpha value is -2.41. The van der Waals surface area contributed by atoms with Crippen molar-refractivity contribution in [1.29, 1.82) is 0 Å². The summed E-state index contributed by atoms with van der Waals surface area (Å²) in [4.78, 5) is 33.0. The first kappa shape index (κ1) is 17.4. The standard InChI is InChI=1S/C18H25N5O2/c1-12-21-15-3-2-13(10-16(15)22-12)11-20-17(24)6-9-23-7-4-14(5-8-23)18(19)25/h2-3,10,14H,4-9,11H2,1H3,(H2,19,25)(H,20,24)(H,21,22). The minimum absolute atomic E-state index is 0.00823. The Labute approximate surface area is 147 Å². The molecule has 0 unspecified atom stereocenters. The lowest BCUT2D eigenvalue weighted by molar-refractivity contribution is -0.124. The van der Waals surface area contributed by atoms with Crippen LogP contribution in [-0.4, -0.2) is 46.3 Å². The monoisotopic (exact) mass is 343 g/mol. The smallest absolute Gasteiger partial charge is 0.221 e. The molecule has 7 nitrogen and oxygen atoms in total. The normalized spacial score (nSPS) is 16.2. The summed E-state index contributed by atoms with van der Waals surface area (Å²) in [7, 11) is 0. The van der Waals surface area contributed by atoms with Crippen LogP contribution in [0.2, 0.25) is 0 Å². The summed E-state index contributed by atoms with van der Waals surface area (Å²) in [5.41, 5.74) is 8.31. The molecular weight excluding hydrogens is 318 g/mol. The van der Waals surface area contributed by atoms with Crippen molar-refractivity contribution in [3.05, 3.63) is 29.6 Å². The number of carbonyl (C=O) groups is 2. The summed E-state index contributed by atoms with van der Waals surface area (Å²) < 4.78 is 0. The maximum atomic E-state index is 12.1. The highest BCUT2D eigenvalue weighted by Crippen LogP contribution is 2.17. The zero-order chi connectivity index (χ0) is 17.8. The van der Waals surface area contributed by atoms with Crippen molar-refractivity contribution in [2.24, 2.45) is 11.7 Å². The number of nitrogens with two attached hydrogens (primary N) is 1. The second-order valence-corrected chi connectivity index (χ2v) is 6.72. The Morgan fingerprint density at radius 1 is 1.36 bits per heavy atom. The number of aromatic amines is 1. The van der Waals surface area contributed by atoms with Crippen LogP contribution in [0.3, 0.4) is 0 Å². The van der Waals surface area contributed by atoms with E-state index in [4.69, 9.17) is 5.73 Å². The number of nitrogens with one attached hydrogen (secondary N) is 2. The van der Waals surface area contributed by atoms with Crippen LogP contribution in [0.25, 0.3) is 11.0 Å². The molecule has 0 atom stereocenters. The van der Waals surface area contributed by atoms with Crippen molar-refractivity contribution in [2.45, 2.75) is 32.7 Å². The molecule has 7 heteroatoms. The molecule has 0 spiro atoms. The lowest BCUT2D eigenvalue weighted by Gasteiger charge is -2.30. The number of likely N-dealkylation sites (tertiary alicyclic amines) is 1. The lowest BCUT2D eigenvalue weighted by Crippen LogP contribution is -2.40. The minimum atomic E-state index is -0.207. The number of benzene rings is 1. The van der Waals surface area contributed by atoms with Gasteiger partial charge in [-0.05, 0) is 50.6 Å². The molecule has 1 saturated heterocycles. The van der Waals surface area contributed by atoms with Crippen LogP contribution >= 0.6 is 0 Å². The van der Waals surface area contributed by atoms with Gasteiger partial charge in [0, 0.05) is 25.4 Å². The number of rotatable bonds is 6. The maximum Gasteiger partial charge on any atom is 0.221 e. The van der Waals surface area contributed by atoms with Gasteiger partial charge in [0.25, 0.3) is 0 Å². The van der Waals surface area contributed by atoms with E-state index in [2.05, 4.69) is 20.2 Å². The van der Waals surface area contributed by atoms with Crippen molar-refractivity contribution < 1.29 is 9.59 Å². The molecule has 4 N–H and O–H groups in total. The molecule has 2 amide bonds. The highest BCUT2D eigenvalue weighted by Gasteiger charge is 2.23. The molecule has 1 aromatic heterocycles. The van der Waals surface area contributed by atoms with E-state index in [0.29, 0.717) is 13.0 Å². The van der Waals surface area contributed by atoms with Crippen molar-refractivity contribution >= 4 is 22.8 Å². The fraction of sp³-hybridized carbons (Fsp3) is 0.500. The van der Waals surface area contributed by atoms with Crippen molar-refractivity contribution in [3.63, 3.8) is 0 Å². The van der Waals surface area contributed by atoms with Gasteiger partial charge in [-0.1, -0.05) is 6.07 Å². The van der Waals surface area contributed by atoms with Crippen LogP contribution in [0, 0.1) is 12.8 Å². The van der Waals surface area contributed by atoms with Crippen LogP contribution in [0.4, 0.5) is 0 Å². The summed E-state index contributed by atoms with van der Waals surface area (Å²) in [5.74, 6) is 0.710. The molecule has 25 heavy (non-hydrogen) atoms. The quantitative estimate of drug-likeness (QED) is 0.730. The molecule has 1 fully saturated rings. The second-order valence-electron chi connectivity index (χ2n) is 6.72. The number of primary amides is 1. The Balaban J connectivity index is 1.41. The number of piperidine rings is 1. The van der Waals surface area contributed by atoms with E-state index in [1.165, 1.54) is 0 Å². The van der Waals surface area contributed by atoms with Gasteiger partial charge < -0.3 is 20.9 Å². The van der Waals surface area contributed by atoms with Gasteiger partial charge in [-0.15, -0.1) is 0 Å². The Morgan fingerprint density at radius 3 is 2.84 bits per heavy atom. The molecule has 134 valence electrons. The number of nitrogens with zero attached hydrogens (tertiary/aromatic N) is 2. The average molecular weight is 343 g/mol. The predicted octanol–water partition coefficient (Wildman–Crippen LogP) is 1.07. The predicted molar refractivity (Wildman–Crippen MR) is 95.7 cm³/mol. The lowest BCUT2D eigenvalue weighted by atomic mass is 9.96. The highest BCUT2D eigenvalue weighted by molar-refractivity contribution is 5.78. The van der Waals surface area contributed by atoms with Gasteiger partial charge in [0.05, 0.1) is 11.0 Å². The molecule has 1 aliphatic heterocycles. The van der Waals surface area contributed by atoms with Gasteiger partial charge in [-0.25, -0.2) is 4.98 Å². The molecule has 1 aromatic carbocycles. The summed E-state index contributed by atoms with van der Waals surface area (Å²) in [6.07, 6.45) is 2.05. The Bertz CT molecular complexity index is 762. The fourth-order valence-corrected chi connectivity index (χ4v) is 3.28. The van der Waals surface area contributed by atoms with Crippen LogP contribution in [-0.2, 0) is 16.1 Å². The van der Waals surface area contributed by atoms with Crippen molar-refractivity contribution in [2.75, 3.05) is 19.6 Å². The number of H-pyrrole nitrogens is 1. The molecule has 0 bridgehead atoms. The van der Waals surface area contributed by atoms with E-state index < -0.39 is 0 Å². The summed E-state index contributed by atoms with van der Waals surface area (Å²) in [6, 6.07) is 5.96. The number of imidazole rings is 1. The van der Waals surface area contributed by atoms with Crippen LogP contribution in [0.1, 0.15) is 30.7 Å². The van der Waals surface area contributed by atoms with Crippen molar-refractivity contribution in [3.8, 4) is 0 Å². The second kappa shape index (κ2) is 7.65. The van der Waals surface area contributed by atoms with Gasteiger partial charge in [0.2, 0.25) is 11.8 Å². The molecule has 2 heterocycles. The molecule has 0 saturated carbocycles. The van der Waals surface area contributed by atoms with Gasteiger partial charge in [0.15, 0.2) is 0 Å². The van der Waals surface area contributed by atoms with E-state index in [9.17, 15) is 9.59 Å². The first-order valence-corrected chi connectivity index (χ1v) is 8.75. The van der Waals surface area contributed by atoms with E-state index >= 15 is 0 Å². The van der Waals surface area contributed by atoms with E-state index in [1.54, 1.807) is 0 Å². The Morgan fingerprint density at radius 2 is 2.12 bits per heavy atom. The maximum absolute atomic E-state index is 12.1. The molecule has 0 radical (unpaired) electrons. The van der Waals surface area contributed by atoms with Gasteiger partial charge in [0.1, 0.15) is 5.82 Å². The van der Waals surface area contributed by atoms with E-state index in [1.807, 2.05) is 25.1 Å². The SMILES string of the molecule is Cc1nc2ccc(CNC(=O)CCN3CCC(C(N)=O)CC3)cc2[nH]1. The number of amides is 2. The van der Waals surface area contributed by atoms with Gasteiger partial charge in [-0.3, -0.25) is 9.59 Å². The van der Waals surface area contributed by atoms with Crippen LogP contribution < -0.4 is 11.1 Å². The highest BCUT2D eigenvalue weighted by atomic mass is 16.2. The minimum Gasteiger partial charge on any atom is -0.369 e. The topological polar surface area (TPSA) is 104 Å². The first-order valence-electron chi connectivity index (χ1n) is 8.75. The average Bonchev–Trinajstić information content (AvgIpc) is 2.97. The zero-order valence-electron chi connectivity index (χ0n) is 14.5. The Kier molecular flexibility index (Phi) is 5.33. The number of hydrogen-bond acceptors (Lipinski definition) is 4. The third-order valence-corrected chi connectivity index (χ3v) is 4.80. The number of hydrogen-bond donors (Lipinski definition) is 3. The van der Waals surface area contributed by atoms with E-state index in [-0.39, 0.29) is 17.7 Å². The van der Waals surface area contributed by atoms with Gasteiger partial charge >= 0.3 is 0 Å². The molecule has 3 rings (SSSR count). The molecule has 0 aliphatic carbocycles.